The van der Waals surface area contributed by atoms with Crippen LogP contribution >= 0.6 is 0 Å². The highest BCUT2D eigenvalue weighted by atomic mass is 16.5. The van der Waals surface area contributed by atoms with Crippen LogP contribution in [0, 0.1) is 0 Å². The first-order chi connectivity index (χ1) is 8.43. The van der Waals surface area contributed by atoms with E-state index in [2.05, 4.69) is 15.5 Å². The van der Waals surface area contributed by atoms with Crippen molar-refractivity contribution in [3.05, 3.63) is 11.7 Å². The molecule has 0 unspecified atom stereocenters. The molecule has 0 saturated heterocycles. The standard InChI is InChI=1S/C12H21N3O3/c1-12(2,3)11-14-10(18-15-11)6-5-9(17)13-7-4-8-16/h16H,4-8H2,1-3H3,(H,13,17). The van der Waals surface area contributed by atoms with Gasteiger partial charge in [-0.15, -0.1) is 0 Å². The Morgan fingerprint density at radius 1 is 1.44 bits per heavy atom. The van der Waals surface area contributed by atoms with E-state index in [0.29, 0.717) is 37.5 Å². The molecule has 102 valence electrons. The molecule has 0 fully saturated rings. The summed E-state index contributed by atoms with van der Waals surface area (Å²) in [6.07, 6.45) is 1.33. The van der Waals surface area contributed by atoms with Crippen LogP contribution in [-0.4, -0.2) is 34.3 Å². The van der Waals surface area contributed by atoms with Gasteiger partial charge in [0.05, 0.1) is 0 Å². The molecule has 1 rings (SSSR count). The molecule has 6 heteroatoms. The van der Waals surface area contributed by atoms with E-state index >= 15 is 0 Å². The van der Waals surface area contributed by atoms with Gasteiger partial charge in [0.1, 0.15) is 0 Å². The van der Waals surface area contributed by atoms with Crippen molar-refractivity contribution in [2.45, 2.75) is 45.4 Å². The van der Waals surface area contributed by atoms with Crippen molar-refractivity contribution in [1.29, 1.82) is 0 Å². The third-order valence-corrected chi connectivity index (χ3v) is 2.36. The highest BCUT2D eigenvalue weighted by Crippen LogP contribution is 2.18. The fourth-order valence-corrected chi connectivity index (χ4v) is 1.28. The van der Waals surface area contributed by atoms with Crippen LogP contribution in [0.15, 0.2) is 4.52 Å². The molecule has 0 aliphatic carbocycles. The van der Waals surface area contributed by atoms with E-state index in [1.807, 2.05) is 20.8 Å². The predicted molar refractivity (Wildman–Crippen MR) is 66.0 cm³/mol. The monoisotopic (exact) mass is 255 g/mol. The lowest BCUT2D eigenvalue weighted by molar-refractivity contribution is -0.121. The molecule has 6 nitrogen and oxygen atoms in total. The first-order valence-corrected chi connectivity index (χ1v) is 6.14. The average Bonchev–Trinajstić information content (AvgIpc) is 2.75. The lowest BCUT2D eigenvalue weighted by Gasteiger charge is -2.10. The highest BCUT2D eigenvalue weighted by molar-refractivity contribution is 5.75. The maximum atomic E-state index is 11.4. The minimum atomic E-state index is -0.148. The number of aliphatic hydroxyl groups is 1. The molecule has 1 aromatic rings. The molecule has 0 atom stereocenters. The topological polar surface area (TPSA) is 88.2 Å². The van der Waals surface area contributed by atoms with Gasteiger partial charge in [-0.25, -0.2) is 0 Å². The van der Waals surface area contributed by atoms with Crippen molar-refractivity contribution in [3.8, 4) is 0 Å². The number of aryl methyl sites for hydroxylation is 1. The number of hydrogen-bond donors (Lipinski definition) is 2. The van der Waals surface area contributed by atoms with E-state index in [9.17, 15) is 4.79 Å². The summed E-state index contributed by atoms with van der Waals surface area (Å²) in [5.74, 6) is 1.06. The molecule has 0 aromatic carbocycles. The average molecular weight is 255 g/mol. The summed E-state index contributed by atoms with van der Waals surface area (Å²) in [5, 5.41) is 15.2. The Labute approximate surface area is 107 Å². The minimum Gasteiger partial charge on any atom is -0.396 e. The van der Waals surface area contributed by atoms with Crippen LogP contribution in [0.1, 0.15) is 45.3 Å². The zero-order valence-corrected chi connectivity index (χ0v) is 11.2. The Morgan fingerprint density at radius 3 is 2.72 bits per heavy atom. The van der Waals surface area contributed by atoms with Crippen LogP contribution in [0.5, 0.6) is 0 Å². The predicted octanol–water partition coefficient (Wildman–Crippen LogP) is 0.798. The lowest BCUT2D eigenvalue weighted by Crippen LogP contribution is -2.25. The molecule has 1 aromatic heterocycles. The summed E-state index contributed by atoms with van der Waals surface area (Å²) in [6.45, 7) is 6.58. The summed E-state index contributed by atoms with van der Waals surface area (Å²) in [4.78, 5) is 15.7. The number of amides is 1. The van der Waals surface area contributed by atoms with Crippen molar-refractivity contribution < 1.29 is 14.4 Å². The largest absolute Gasteiger partial charge is 0.396 e. The van der Waals surface area contributed by atoms with E-state index in [1.54, 1.807) is 0 Å². The summed E-state index contributed by atoms with van der Waals surface area (Å²) in [6, 6.07) is 0. The van der Waals surface area contributed by atoms with Crippen molar-refractivity contribution >= 4 is 5.91 Å². The second kappa shape index (κ2) is 6.49. The molecule has 2 N–H and O–H groups in total. The van der Waals surface area contributed by atoms with Gasteiger partial charge in [0, 0.05) is 31.4 Å². The quantitative estimate of drug-likeness (QED) is 0.734. The van der Waals surface area contributed by atoms with Gasteiger partial charge in [-0.2, -0.15) is 4.98 Å². The first-order valence-electron chi connectivity index (χ1n) is 6.14. The van der Waals surface area contributed by atoms with Gasteiger partial charge in [0.25, 0.3) is 0 Å². The first kappa shape index (κ1) is 14.6. The number of aromatic nitrogens is 2. The van der Waals surface area contributed by atoms with Crippen molar-refractivity contribution in [3.63, 3.8) is 0 Å². The molecule has 0 saturated carbocycles. The van der Waals surface area contributed by atoms with Crippen LogP contribution in [0.2, 0.25) is 0 Å². The van der Waals surface area contributed by atoms with E-state index < -0.39 is 0 Å². The summed E-state index contributed by atoms with van der Waals surface area (Å²) < 4.78 is 5.09. The third-order valence-electron chi connectivity index (χ3n) is 2.36. The second-order valence-electron chi connectivity index (χ2n) is 5.19. The van der Waals surface area contributed by atoms with Crippen LogP contribution in [0.4, 0.5) is 0 Å². The molecule has 0 spiro atoms. The molecule has 0 aliphatic rings. The van der Waals surface area contributed by atoms with Gasteiger partial charge in [-0.05, 0) is 6.42 Å². The van der Waals surface area contributed by atoms with Gasteiger partial charge in [0.2, 0.25) is 11.8 Å². The highest BCUT2D eigenvalue weighted by Gasteiger charge is 2.20. The van der Waals surface area contributed by atoms with E-state index in [0.717, 1.165) is 0 Å². The third kappa shape index (κ3) is 4.83. The van der Waals surface area contributed by atoms with E-state index in [-0.39, 0.29) is 17.9 Å². The van der Waals surface area contributed by atoms with Crippen LogP contribution in [-0.2, 0) is 16.6 Å². The lowest BCUT2D eigenvalue weighted by atomic mass is 9.96. The fraction of sp³-hybridized carbons (Fsp3) is 0.750. The Hall–Kier alpha value is -1.43. The van der Waals surface area contributed by atoms with E-state index in [1.165, 1.54) is 0 Å². The number of carbonyl (C=O) groups is 1. The summed E-state index contributed by atoms with van der Waals surface area (Å²) in [7, 11) is 0. The molecule has 1 amide bonds. The molecule has 0 aliphatic heterocycles. The number of nitrogens with zero attached hydrogens (tertiary/aromatic N) is 2. The Morgan fingerprint density at radius 2 is 2.17 bits per heavy atom. The van der Waals surface area contributed by atoms with Gasteiger partial charge < -0.3 is 14.9 Å². The summed E-state index contributed by atoms with van der Waals surface area (Å²) in [5.41, 5.74) is -0.148. The van der Waals surface area contributed by atoms with Gasteiger partial charge in [0.15, 0.2) is 5.82 Å². The van der Waals surface area contributed by atoms with Crippen LogP contribution < -0.4 is 5.32 Å². The Kier molecular flexibility index (Phi) is 5.27. The van der Waals surface area contributed by atoms with Gasteiger partial charge >= 0.3 is 0 Å². The smallest absolute Gasteiger partial charge is 0.227 e. The Balaban J connectivity index is 2.35. The molecular formula is C12H21N3O3. The fourth-order valence-electron chi connectivity index (χ4n) is 1.28. The number of rotatable bonds is 6. The minimum absolute atomic E-state index is 0.0704. The molecular weight excluding hydrogens is 234 g/mol. The molecule has 18 heavy (non-hydrogen) atoms. The van der Waals surface area contributed by atoms with Crippen LogP contribution in [0.3, 0.4) is 0 Å². The van der Waals surface area contributed by atoms with Crippen molar-refractivity contribution in [2.75, 3.05) is 13.2 Å². The zero-order valence-electron chi connectivity index (χ0n) is 11.2. The van der Waals surface area contributed by atoms with Crippen molar-refractivity contribution in [1.82, 2.24) is 15.5 Å². The van der Waals surface area contributed by atoms with Crippen molar-refractivity contribution in [2.24, 2.45) is 0 Å². The normalized spacial score (nSPS) is 11.6. The molecule has 1 heterocycles. The zero-order chi connectivity index (χ0) is 13.6. The number of carbonyl (C=O) groups excluding carboxylic acids is 1. The second-order valence-corrected chi connectivity index (χ2v) is 5.19. The number of hydrogen-bond acceptors (Lipinski definition) is 5. The Bertz CT molecular complexity index is 382. The maximum absolute atomic E-state index is 11.4. The maximum Gasteiger partial charge on any atom is 0.227 e. The molecule has 0 bridgehead atoms. The van der Waals surface area contributed by atoms with Crippen LogP contribution in [0.25, 0.3) is 0 Å². The number of nitrogens with one attached hydrogen (secondary N) is 1. The van der Waals surface area contributed by atoms with E-state index in [4.69, 9.17) is 9.63 Å². The summed E-state index contributed by atoms with van der Waals surface area (Å²) >= 11 is 0. The van der Waals surface area contributed by atoms with Gasteiger partial charge in [-0.3, -0.25) is 4.79 Å². The SMILES string of the molecule is CC(C)(C)c1noc(CCC(=O)NCCCO)n1. The molecule has 0 radical (unpaired) electrons. The van der Waals surface area contributed by atoms with Gasteiger partial charge in [-0.1, -0.05) is 25.9 Å². The number of aliphatic hydroxyl groups excluding tert-OH is 1.